The van der Waals surface area contributed by atoms with E-state index in [1.54, 1.807) is 0 Å². The number of hydrogen-bond donors (Lipinski definition) is 4. The Hall–Kier alpha value is -1.68. The van der Waals surface area contributed by atoms with Gasteiger partial charge in [-0.25, -0.2) is 0 Å². The van der Waals surface area contributed by atoms with Gasteiger partial charge in [0.15, 0.2) is 3.95 Å². The van der Waals surface area contributed by atoms with Gasteiger partial charge in [0.25, 0.3) is 0 Å². The van der Waals surface area contributed by atoms with Gasteiger partial charge in [0.2, 0.25) is 11.0 Å². The van der Waals surface area contributed by atoms with Crippen molar-refractivity contribution in [3.63, 3.8) is 0 Å². The molecule has 1 aromatic carbocycles. The van der Waals surface area contributed by atoms with Crippen LogP contribution in [0.3, 0.4) is 0 Å². The first-order valence-corrected chi connectivity index (χ1v) is 8.05. The molecule has 5 N–H and O–H groups in total. The maximum Gasteiger partial charge on any atom is 0.244 e. The zero-order valence-electron chi connectivity index (χ0n) is 11.7. The summed E-state index contributed by atoms with van der Waals surface area (Å²) in [6, 6.07) is 8.38. The number of aromatic amines is 1. The standard InChI is InChI=1S/C13H15N5OS3/c1-15-10(19)9(16-11-17-18-12(21)22-11)13(14,7-20)8-5-3-2-4-6-8/h2-7,9H,14H2,1H3,(H,15,19)(H,16,17)(H,18,21). The maximum absolute atomic E-state index is 12.3. The summed E-state index contributed by atoms with van der Waals surface area (Å²) in [6.07, 6.45) is 0. The third-order valence-electron chi connectivity index (χ3n) is 3.16. The summed E-state index contributed by atoms with van der Waals surface area (Å²) in [4.78, 5) is 12.3. The van der Waals surface area contributed by atoms with Crippen LogP contribution in [-0.2, 0) is 10.3 Å². The van der Waals surface area contributed by atoms with Gasteiger partial charge in [-0.1, -0.05) is 53.9 Å². The summed E-state index contributed by atoms with van der Waals surface area (Å²) in [5, 5.41) is 14.1. The van der Waals surface area contributed by atoms with E-state index in [0.29, 0.717) is 9.09 Å². The molecule has 0 radical (unpaired) electrons. The molecule has 9 heteroatoms. The van der Waals surface area contributed by atoms with Crippen molar-refractivity contribution in [2.75, 3.05) is 12.4 Å². The van der Waals surface area contributed by atoms with E-state index in [-0.39, 0.29) is 5.91 Å². The summed E-state index contributed by atoms with van der Waals surface area (Å²) in [7, 11) is 1.54. The van der Waals surface area contributed by atoms with E-state index in [9.17, 15) is 4.79 Å². The van der Waals surface area contributed by atoms with Gasteiger partial charge < -0.3 is 16.4 Å². The number of carbonyl (C=O) groups excluding carboxylic acids is 1. The number of nitrogens with zero attached hydrogens (tertiary/aromatic N) is 1. The predicted octanol–water partition coefficient (Wildman–Crippen LogP) is 1.58. The van der Waals surface area contributed by atoms with Crippen LogP contribution in [-0.4, -0.2) is 34.6 Å². The smallest absolute Gasteiger partial charge is 0.244 e. The Kier molecular flexibility index (Phi) is 5.35. The highest BCUT2D eigenvalue weighted by Gasteiger charge is 2.40. The van der Waals surface area contributed by atoms with E-state index in [1.807, 2.05) is 30.3 Å². The molecule has 2 unspecified atom stereocenters. The van der Waals surface area contributed by atoms with E-state index in [4.69, 9.17) is 30.2 Å². The first kappa shape index (κ1) is 16.7. The van der Waals surface area contributed by atoms with Crippen molar-refractivity contribution in [3.8, 4) is 0 Å². The van der Waals surface area contributed by atoms with Crippen molar-refractivity contribution in [3.05, 3.63) is 39.8 Å². The Morgan fingerprint density at radius 1 is 1.50 bits per heavy atom. The fourth-order valence-corrected chi connectivity index (χ4v) is 3.08. The van der Waals surface area contributed by atoms with E-state index in [1.165, 1.54) is 23.8 Å². The van der Waals surface area contributed by atoms with Gasteiger partial charge in [-0.15, -0.1) is 5.10 Å². The highest BCUT2D eigenvalue weighted by atomic mass is 32.1. The Morgan fingerprint density at radius 2 is 2.18 bits per heavy atom. The lowest BCUT2D eigenvalue weighted by Gasteiger charge is -2.33. The van der Waals surface area contributed by atoms with E-state index in [2.05, 4.69) is 20.8 Å². The number of thiocarbonyl (C=S) groups is 1. The molecular formula is C13H15N5OS3. The Morgan fingerprint density at radius 3 is 2.68 bits per heavy atom. The summed E-state index contributed by atoms with van der Waals surface area (Å²) < 4.78 is 0.503. The minimum Gasteiger partial charge on any atom is -0.357 e. The van der Waals surface area contributed by atoms with Crippen molar-refractivity contribution in [1.82, 2.24) is 15.5 Å². The number of hydrogen-bond acceptors (Lipinski definition) is 7. The van der Waals surface area contributed by atoms with Gasteiger partial charge in [0.05, 0.1) is 5.54 Å². The van der Waals surface area contributed by atoms with Gasteiger partial charge >= 0.3 is 0 Å². The van der Waals surface area contributed by atoms with Gasteiger partial charge in [-0.05, 0) is 17.8 Å². The predicted molar refractivity (Wildman–Crippen MR) is 94.7 cm³/mol. The molecule has 0 bridgehead atoms. The number of likely N-dealkylation sites (N-methyl/N-ethyl adjacent to an activating group) is 1. The van der Waals surface area contributed by atoms with Crippen LogP contribution >= 0.6 is 35.8 Å². The molecule has 0 saturated carbocycles. The van der Waals surface area contributed by atoms with Crippen LogP contribution in [0, 0.1) is 3.95 Å². The average molecular weight is 353 g/mol. The zero-order chi connectivity index (χ0) is 16.2. The van der Waals surface area contributed by atoms with Crippen LogP contribution in [0.2, 0.25) is 0 Å². The number of anilines is 1. The summed E-state index contributed by atoms with van der Waals surface area (Å²) >= 11 is 11.3. The number of carbonyl (C=O) groups is 1. The first-order valence-electron chi connectivity index (χ1n) is 6.35. The number of amides is 1. The second-order valence-electron chi connectivity index (χ2n) is 4.53. The molecular weight excluding hydrogens is 338 g/mol. The highest BCUT2D eigenvalue weighted by Crippen LogP contribution is 2.25. The fraction of sp³-hybridized carbons (Fsp3) is 0.231. The lowest BCUT2D eigenvalue weighted by Crippen LogP contribution is -2.59. The minimum absolute atomic E-state index is 0.298. The fourth-order valence-electron chi connectivity index (χ4n) is 1.99. The molecule has 0 saturated heterocycles. The lowest BCUT2D eigenvalue weighted by atomic mass is 9.85. The van der Waals surface area contributed by atoms with Crippen molar-refractivity contribution in [1.29, 1.82) is 0 Å². The molecule has 1 amide bonds. The second-order valence-corrected chi connectivity index (χ2v) is 6.43. The molecule has 116 valence electrons. The normalized spacial score (nSPS) is 14.6. The van der Waals surface area contributed by atoms with Gasteiger partial charge in [0, 0.05) is 12.4 Å². The monoisotopic (exact) mass is 353 g/mol. The van der Waals surface area contributed by atoms with Crippen molar-refractivity contribution in [2.45, 2.75) is 11.6 Å². The molecule has 0 fully saturated rings. The number of benzene rings is 1. The Labute approximate surface area is 142 Å². The quantitative estimate of drug-likeness (QED) is 0.589. The molecule has 2 rings (SSSR count). The van der Waals surface area contributed by atoms with Crippen LogP contribution < -0.4 is 16.4 Å². The summed E-state index contributed by atoms with van der Waals surface area (Å²) in [5.74, 6) is -0.298. The van der Waals surface area contributed by atoms with Crippen LogP contribution in [0.15, 0.2) is 30.3 Å². The highest BCUT2D eigenvalue weighted by molar-refractivity contribution is 7.79. The van der Waals surface area contributed by atoms with Crippen LogP contribution in [0.25, 0.3) is 0 Å². The maximum atomic E-state index is 12.3. The molecule has 1 aromatic heterocycles. The molecule has 1 heterocycles. The molecule has 0 aliphatic rings. The van der Waals surface area contributed by atoms with Crippen LogP contribution in [0.5, 0.6) is 0 Å². The summed E-state index contributed by atoms with van der Waals surface area (Å²) in [5.41, 5.74) is 6.00. The van der Waals surface area contributed by atoms with Crippen molar-refractivity contribution in [2.24, 2.45) is 5.73 Å². The minimum atomic E-state index is -1.18. The number of nitrogens with one attached hydrogen (secondary N) is 3. The number of H-pyrrole nitrogens is 1. The molecule has 0 aliphatic heterocycles. The SMILES string of the molecule is CNC(=O)C(Nc1n[nH]c(=S)s1)C(N)(C=S)c1ccccc1. The molecule has 22 heavy (non-hydrogen) atoms. The Bertz CT molecular complexity index is 714. The molecule has 0 spiro atoms. The van der Waals surface area contributed by atoms with Crippen molar-refractivity contribution < 1.29 is 4.79 Å². The number of rotatable bonds is 6. The Balaban J connectivity index is 2.44. The number of aromatic nitrogens is 2. The largest absolute Gasteiger partial charge is 0.357 e. The van der Waals surface area contributed by atoms with E-state index in [0.717, 1.165) is 5.56 Å². The van der Waals surface area contributed by atoms with Gasteiger partial charge in [-0.2, -0.15) is 0 Å². The van der Waals surface area contributed by atoms with E-state index >= 15 is 0 Å². The van der Waals surface area contributed by atoms with Crippen LogP contribution in [0.1, 0.15) is 5.56 Å². The third kappa shape index (κ3) is 3.38. The van der Waals surface area contributed by atoms with Gasteiger partial charge in [0.1, 0.15) is 6.04 Å². The second kappa shape index (κ2) is 7.05. The van der Waals surface area contributed by atoms with Gasteiger partial charge in [-0.3, -0.25) is 9.89 Å². The lowest BCUT2D eigenvalue weighted by molar-refractivity contribution is -0.122. The molecule has 2 atom stereocenters. The molecule has 0 aliphatic carbocycles. The van der Waals surface area contributed by atoms with Crippen molar-refractivity contribution >= 4 is 52.2 Å². The topological polar surface area (TPSA) is 95.8 Å². The number of nitrogens with two attached hydrogens (primary N) is 1. The first-order chi connectivity index (χ1) is 10.5. The van der Waals surface area contributed by atoms with E-state index < -0.39 is 11.6 Å². The third-order valence-corrected chi connectivity index (χ3v) is 4.57. The molecule has 2 aromatic rings. The average Bonchev–Trinajstić information content (AvgIpc) is 2.97. The molecule has 6 nitrogen and oxygen atoms in total. The van der Waals surface area contributed by atoms with Crippen LogP contribution in [0.4, 0.5) is 5.13 Å². The summed E-state index contributed by atoms with van der Waals surface area (Å²) in [6.45, 7) is 0. The zero-order valence-corrected chi connectivity index (χ0v) is 14.1.